The first kappa shape index (κ1) is 28.5. The Labute approximate surface area is 251 Å². The lowest BCUT2D eigenvalue weighted by Crippen LogP contribution is -2.37. The summed E-state index contributed by atoms with van der Waals surface area (Å²) in [6.07, 6.45) is 6.28. The molecule has 1 aliphatic rings. The van der Waals surface area contributed by atoms with Crippen molar-refractivity contribution in [1.29, 1.82) is 0 Å². The van der Waals surface area contributed by atoms with Crippen LogP contribution in [0.1, 0.15) is 42.2 Å². The van der Waals surface area contributed by atoms with Crippen molar-refractivity contribution in [2.45, 2.75) is 36.8 Å². The van der Waals surface area contributed by atoms with Gasteiger partial charge in [0, 0.05) is 16.0 Å². The second kappa shape index (κ2) is 11.5. The van der Waals surface area contributed by atoms with Gasteiger partial charge in [0.1, 0.15) is 23.6 Å². The molecule has 212 valence electrons. The standard InChI is InChI=1S/C30H31IN6O4/c1-30(2,29(39)40)25(31)19-12-13-20(14-19)37-27-23(26(32)34-16-35-27)24(36-37)18-10-8-17(9-11-18)15-33-28(38)21-6-4-5-7-22(21)41-3/h4-13,16,19-20,25H,14-15H2,1-3H3,(H,33,38)(H,39,40)(H2,32,34,35)/t19-,20+,25?/m1/s1. The molecule has 11 heteroatoms. The molecule has 0 radical (unpaired) electrons. The molecule has 0 fully saturated rings. The van der Waals surface area contributed by atoms with Gasteiger partial charge in [0.05, 0.1) is 29.5 Å². The number of benzene rings is 2. The van der Waals surface area contributed by atoms with Gasteiger partial charge in [0.25, 0.3) is 5.91 Å². The fourth-order valence-corrected chi connectivity index (χ4v) is 5.88. The fourth-order valence-electron chi connectivity index (χ4n) is 5.08. The molecule has 41 heavy (non-hydrogen) atoms. The molecule has 5 rings (SSSR count). The third-order valence-electron chi connectivity index (χ3n) is 7.57. The van der Waals surface area contributed by atoms with Gasteiger partial charge in [-0.3, -0.25) is 9.59 Å². The number of fused-ring (bicyclic) bond motifs is 1. The van der Waals surface area contributed by atoms with Gasteiger partial charge in [0.2, 0.25) is 0 Å². The van der Waals surface area contributed by atoms with E-state index in [1.165, 1.54) is 13.4 Å². The number of hydrogen-bond donors (Lipinski definition) is 3. The van der Waals surface area contributed by atoms with Crippen molar-refractivity contribution in [2.75, 3.05) is 12.8 Å². The van der Waals surface area contributed by atoms with Crippen molar-refractivity contribution in [3.8, 4) is 17.0 Å². The lowest BCUT2D eigenvalue weighted by molar-refractivity contribution is -0.147. The number of aliphatic carboxylic acids is 1. The summed E-state index contributed by atoms with van der Waals surface area (Å²) >= 11 is 2.25. The maximum absolute atomic E-state index is 12.7. The Hall–Kier alpha value is -4.00. The highest BCUT2D eigenvalue weighted by Crippen LogP contribution is 2.42. The highest BCUT2D eigenvalue weighted by molar-refractivity contribution is 14.1. The van der Waals surface area contributed by atoms with Crippen molar-refractivity contribution in [3.05, 3.63) is 78.1 Å². The van der Waals surface area contributed by atoms with Crippen LogP contribution < -0.4 is 15.8 Å². The van der Waals surface area contributed by atoms with Crippen LogP contribution in [0.25, 0.3) is 22.3 Å². The molecule has 2 aromatic carbocycles. The molecule has 1 aliphatic carbocycles. The average molecular weight is 667 g/mol. The number of halogens is 1. The maximum atomic E-state index is 12.7. The Balaban J connectivity index is 1.37. The summed E-state index contributed by atoms with van der Waals surface area (Å²) < 4.78 is 7.05. The summed E-state index contributed by atoms with van der Waals surface area (Å²) in [6.45, 7) is 3.86. The monoisotopic (exact) mass is 666 g/mol. The number of methoxy groups -OCH3 is 1. The minimum atomic E-state index is -0.872. The van der Waals surface area contributed by atoms with Crippen molar-refractivity contribution >= 4 is 51.3 Å². The first-order chi connectivity index (χ1) is 19.6. The van der Waals surface area contributed by atoms with E-state index in [4.69, 9.17) is 15.6 Å². The van der Waals surface area contributed by atoms with E-state index in [1.54, 1.807) is 32.0 Å². The van der Waals surface area contributed by atoms with E-state index in [0.29, 0.717) is 46.8 Å². The number of nitrogens with two attached hydrogens (primary N) is 1. The molecule has 0 saturated carbocycles. The van der Waals surface area contributed by atoms with Crippen LogP contribution in [0.3, 0.4) is 0 Å². The van der Waals surface area contributed by atoms with Gasteiger partial charge in [-0.15, -0.1) is 0 Å². The molecule has 0 spiro atoms. The normalized spacial score (nSPS) is 17.5. The number of ether oxygens (including phenoxy) is 1. The van der Waals surface area contributed by atoms with Crippen molar-refractivity contribution in [1.82, 2.24) is 25.1 Å². The number of nitrogens with zero attached hydrogens (tertiary/aromatic N) is 4. The van der Waals surface area contributed by atoms with Gasteiger partial charge in [-0.2, -0.15) is 5.10 Å². The SMILES string of the molecule is COc1ccccc1C(=O)NCc1ccc(-c2nn([C@H]3C=C[C@@H](C(I)C(C)(C)C(=O)O)C3)c3ncnc(N)c23)cc1. The Morgan fingerprint density at radius 1 is 1.17 bits per heavy atom. The number of alkyl halides is 1. The predicted molar refractivity (Wildman–Crippen MR) is 165 cm³/mol. The number of allylic oxidation sites excluding steroid dienone is 2. The van der Waals surface area contributed by atoms with Gasteiger partial charge in [-0.1, -0.05) is 71.1 Å². The lowest BCUT2D eigenvalue weighted by atomic mass is 9.82. The Morgan fingerprint density at radius 2 is 1.90 bits per heavy atom. The zero-order chi connectivity index (χ0) is 29.3. The number of anilines is 1. The molecule has 3 atom stereocenters. The van der Waals surface area contributed by atoms with E-state index in [9.17, 15) is 14.7 Å². The van der Waals surface area contributed by atoms with Crippen molar-refractivity contribution in [2.24, 2.45) is 11.3 Å². The number of aromatic nitrogens is 4. The number of nitrogens with one attached hydrogen (secondary N) is 1. The van der Waals surface area contributed by atoms with E-state index >= 15 is 0 Å². The highest BCUT2D eigenvalue weighted by Gasteiger charge is 2.41. The number of hydrogen-bond acceptors (Lipinski definition) is 7. The van der Waals surface area contributed by atoms with E-state index < -0.39 is 11.4 Å². The van der Waals surface area contributed by atoms with Crippen LogP contribution in [0.5, 0.6) is 5.75 Å². The van der Waals surface area contributed by atoms with Crippen LogP contribution >= 0.6 is 22.6 Å². The van der Waals surface area contributed by atoms with Crippen LogP contribution in [0.15, 0.2) is 67.0 Å². The lowest BCUT2D eigenvalue weighted by Gasteiger charge is -2.30. The Bertz CT molecular complexity index is 1630. The molecule has 0 bridgehead atoms. The number of rotatable bonds is 9. The van der Waals surface area contributed by atoms with E-state index in [2.05, 4.69) is 50.0 Å². The molecule has 4 N–H and O–H groups in total. The Morgan fingerprint density at radius 3 is 2.61 bits per heavy atom. The zero-order valence-corrected chi connectivity index (χ0v) is 25.1. The molecular formula is C30H31IN6O4. The second-order valence-electron chi connectivity index (χ2n) is 10.6. The highest BCUT2D eigenvalue weighted by atomic mass is 127. The van der Waals surface area contributed by atoms with E-state index in [1.807, 2.05) is 35.0 Å². The smallest absolute Gasteiger partial charge is 0.310 e. The van der Waals surface area contributed by atoms with Crippen LogP contribution in [-0.4, -0.2) is 47.8 Å². The minimum Gasteiger partial charge on any atom is -0.496 e. The predicted octanol–water partition coefficient (Wildman–Crippen LogP) is 5.05. The minimum absolute atomic E-state index is 0.0685. The quantitative estimate of drug-likeness (QED) is 0.128. The van der Waals surface area contributed by atoms with Crippen LogP contribution in [0.2, 0.25) is 0 Å². The van der Waals surface area contributed by atoms with Gasteiger partial charge < -0.3 is 20.9 Å². The van der Waals surface area contributed by atoms with E-state index in [0.717, 1.165) is 11.1 Å². The van der Waals surface area contributed by atoms with Crippen molar-refractivity contribution in [3.63, 3.8) is 0 Å². The average Bonchev–Trinajstić information content (AvgIpc) is 3.62. The number of carboxylic acid groups (broad SMARTS) is 1. The summed E-state index contributed by atoms with van der Waals surface area (Å²) in [5, 5.41) is 18.2. The first-order valence-corrected chi connectivity index (χ1v) is 14.4. The molecule has 2 aromatic heterocycles. The molecule has 1 amide bonds. The molecule has 0 aliphatic heterocycles. The van der Waals surface area contributed by atoms with Gasteiger partial charge in [0.15, 0.2) is 5.65 Å². The first-order valence-electron chi connectivity index (χ1n) is 13.2. The largest absolute Gasteiger partial charge is 0.496 e. The molecule has 1 unspecified atom stereocenters. The third kappa shape index (κ3) is 5.50. The molecule has 0 saturated heterocycles. The second-order valence-corrected chi connectivity index (χ2v) is 12.0. The summed E-state index contributed by atoms with van der Waals surface area (Å²) in [6, 6.07) is 14.7. The van der Waals surface area contributed by atoms with Crippen molar-refractivity contribution < 1.29 is 19.4 Å². The van der Waals surface area contributed by atoms with Gasteiger partial charge >= 0.3 is 5.97 Å². The van der Waals surface area contributed by atoms with Crippen LogP contribution in [0.4, 0.5) is 5.82 Å². The Kier molecular flexibility index (Phi) is 7.98. The van der Waals surface area contributed by atoms with Gasteiger partial charge in [-0.05, 0) is 43.9 Å². The topological polar surface area (TPSA) is 145 Å². The fraction of sp³-hybridized carbons (Fsp3) is 0.300. The van der Waals surface area contributed by atoms with Crippen LogP contribution in [-0.2, 0) is 11.3 Å². The third-order valence-corrected chi connectivity index (χ3v) is 10.1. The number of amides is 1. The number of carbonyl (C=O) groups excluding carboxylic acids is 1. The molecule has 10 nitrogen and oxygen atoms in total. The number of nitrogen functional groups attached to an aromatic ring is 1. The number of carbonyl (C=O) groups is 2. The summed E-state index contributed by atoms with van der Waals surface area (Å²) in [5.74, 6) is -0.111. The summed E-state index contributed by atoms with van der Waals surface area (Å²) in [7, 11) is 1.54. The van der Waals surface area contributed by atoms with E-state index in [-0.39, 0.29) is 21.8 Å². The molecule has 2 heterocycles. The number of carboxylic acids is 1. The van der Waals surface area contributed by atoms with Crippen LogP contribution in [0, 0.1) is 11.3 Å². The molecular weight excluding hydrogens is 635 g/mol. The summed E-state index contributed by atoms with van der Waals surface area (Å²) in [5.41, 5.74) is 8.96. The van der Waals surface area contributed by atoms with Gasteiger partial charge in [-0.25, -0.2) is 14.6 Å². The summed E-state index contributed by atoms with van der Waals surface area (Å²) in [4.78, 5) is 33.2. The maximum Gasteiger partial charge on any atom is 0.310 e. The molecule has 4 aromatic rings. The zero-order valence-electron chi connectivity index (χ0n) is 22.9. The number of para-hydroxylation sites is 1.